The summed E-state index contributed by atoms with van der Waals surface area (Å²) in [5.74, 6) is 0.910. The van der Waals surface area contributed by atoms with Crippen molar-refractivity contribution in [2.24, 2.45) is 0 Å². The highest BCUT2D eigenvalue weighted by Gasteiger charge is 2.20. The zero-order chi connectivity index (χ0) is 16.2. The summed E-state index contributed by atoms with van der Waals surface area (Å²) >= 11 is 7.58. The molecule has 120 valence electrons. The van der Waals surface area contributed by atoms with E-state index in [-0.39, 0.29) is 0 Å². The fourth-order valence-corrected chi connectivity index (χ4v) is 3.69. The maximum Gasteiger partial charge on any atom is 0.205 e. The molecule has 0 spiro atoms. The van der Waals surface area contributed by atoms with E-state index >= 15 is 0 Å². The number of aryl methyl sites for hydroxylation is 1. The molecule has 1 aliphatic rings. The van der Waals surface area contributed by atoms with Crippen LogP contribution in [0.3, 0.4) is 0 Å². The molecule has 3 rings (SSSR count). The topological polar surface area (TPSA) is 56.1 Å². The van der Waals surface area contributed by atoms with Crippen molar-refractivity contribution in [3.63, 3.8) is 0 Å². The van der Waals surface area contributed by atoms with E-state index in [1.54, 1.807) is 12.1 Å². The number of rotatable bonds is 3. The van der Waals surface area contributed by atoms with E-state index in [1.165, 1.54) is 11.5 Å². The number of aromatic nitrogens is 2. The lowest BCUT2D eigenvalue weighted by atomic mass is 10.1. The van der Waals surface area contributed by atoms with E-state index < -0.39 is 0 Å². The van der Waals surface area contributed by atoms with E-state index in [0.717, 1.165) is 55.7 Å². The Morgan fingerprint density at radius 2 is 2.04 bits per heavy atom. The number of halogens is 1. The Labute approximate surface area is 145 Å². The van der Waals surface area contributed by atoms with Gasteiger partial charge in [-0.2, -0.15) is 9.64 Å². The van der Waals surface area contributed by atoms with Crippen LogP contribution in [0.15, 0.2) is 18.2 Å². The van der Waals surface area contributed by atoms with Crippen molar-refractivity contribution < 1.29 is 0 Å². The average molecular weight is 348 g/mol. The van der Waals surface area contributed by atoms with Crippen molar-refractivity contribution in [3.8, 4) is 6.07 Å². The molecule has 0 aliphatic carbocycles. The summed E-state index contributed by atoms with van der Waals surface area (Å²) in [6, 6.07) is 7.70. The number of hydrogen-bond donors (Lipinski definition) is 0. The summed E-state index contributed by atoms with van der Waals surface area (Å²) in [6.45, 7) is 5.65. The van der Waals surface area contributed by atoms with Crippen LogP contribution in [0.4, 0.5) is 10.8 Å². The van der Waals surface area contributed by atoms with Crippen molar-refractivity contribution in [2.45, 2.75) is 19.8 Å². The highest BCUT2D eigenvalue weighted by atomic mass is 35.5. The first-order valence-corrected chi connectivity index (χ1v) is 8.88. The van der Waals surface area contributed by atoms with Gasteiger partial charge in [-0.05, 0) is 24.6 Å². The average Bonchev–Trinajstić information content (AvgIpc) is 2.92. The molecule has 0 N–H and O–H groups in total. The van der Waals surface area contributed by atoms with Crippen LogP contribution in [0.1, 0.15) is 24.7 Å². The van der Waals surface area contributed by atoms with Crippen molar-refractivity contribution in [2.75, 3.05) is 36.0 Å². The summed E-state index contributed by atoms with van der Waals surface area (Å²) in [5, 5.41) is 11.0. The third-order valence-electron chi connectivity index (χ3n) is 3.96. The van der Waals surface area contributed by atoms with E-state index in [9.17, 15) is 5.26 Å². The van der Waals surface area contributed by atoms with Crippen LogP contribution < -0.4 is 9.80 Å². The molecule has 0 bridgehead atoms. The molecule has 0 unspecified atom stereocenters. The highest BCUT2D eigenvalue weighted by Crippen LogP contribution is 2.27. The van der Waals surface area contributed by atoms with Gasteiger partial charge in [0.1, 0.15) is 11.9 Å². The van der Waals surface area contributed by atoms with Crippen molar-refractivity contribution in [3.05, 3.63) is 34.6 Å². The molecule has 0 radical (unpaired) electrons. The SMILES string of the molecule is CCc1nsc(N2CCCN(c3cc(Cl)ccc3C#N)CC2)n1. The lowest BCUT2D eigenvalue weighted by Gasteiger charge is -2.24. The molecule has 1 aromatic heterocycles. The molecule has 0 amide bonds. The Balaban J connectivity index is 1.76. The molecular weight excluding hydrogens is 330 g/mol. The molecule has 5 nitrogen and oxygen atoms in total. The molecule has 0 atom stereocenters. The van der Waals surface area contributed by atoms with E-state index in [4.69, 9.17) is 11.6 Å². The smallest absolute Gasteiger partial charge is 0.205 e. The number of anilines is 2. The third-order valence-corrected chi connectivity index (χ3v) is 5.01. The fraction of sp³-hybridized carbons (Fsp3) is 0.438. The highest BCUT2D eigenvalue weighted by molar-refractivity contribution is 7.09. The number of nitrogens with zero attached hydrogens (tertiary/aromatic N) is 5. The molecular formula is C16H18ClN5S. The minimum absolute atomic E-state index is 0.664. The monoisotopic (exact) mass is 347 g/mol. The van der Waals surface area contributed by atoms with Crippen LogP contribution >= 0.6 is 23.1 Å². The van der Waals surface area contributed by atoms with Gasteiger partial charge in [-0.25, -0.2) is 4.98 Å². The van der Waals surface area contributed by atoms with Crippen molar-refractivity contribution in [1.29, 1.82) is 5.26 Å². The first-order chi connectivity index (χ1) is 11.2. The summed E-state index contributed by atoms with van der Waals surface area (Å²) in [7, 11) is 0. The van der Waals surface area contributed by atoms with Gasteiger partial charge in [-0.15, -0.1) is 0 Å². The first kappa shape index (κ1) is 16.0. The second-order valence-corrected chi connectivity index (χ2v) is 6.61. The number of nitriles is 1. The predicted octanol–water partition coefficient (Wildman–Crippen LogP) is 3.34. The van der Waals surface area contributed by atoms with Gasteiger partial charge in [-0.1, -0.05) is 18.5 Å². The van der Waals surface area contributed by atoms with Crippen LogP contribution in [-0.2, 0) is 6.42 Å². The van der Waals surface area contributed by atoms with Crippen LogP contribution in [0.2, 0.25) is 5.02 Å². The van der Waals surface area contributed by atoms with E-state index in [0.29, 0.717) is 10.6 Å². The Bertz CT molecular complexity index is 724. The van der Waals surface area contributed by atoms with Crippen LogP contribution in [0.25, 0.3) is 0 Å². The van der Waals surface area contributed by atoms with Gasteiger partial charge < -0.3 is 9.80 Å². The van der Waals surface area contributed by atoms with Gasteiger partial charge in [-0.3, -0.25) is 0 Å². The lowest BCUT2D eigenvalue weighted by Crippen LogP contribution is -2.31. The largest absolute Gasteiger partial charge is 0.369 e. The van der Waals surface area contributed by atoms with Crippen LogP contribution in [-0.4, -0.2) is 35.5 Å². The number of benzene rings is 1. The van der Waals surface area contributed by atoms with Gasteiger partial charge in [0.2, 0.25) is 5.13 Å². The predicted molar refractivity (Wildman–Crippen MR) is 94.5 cm³/mol. The van der Waals surface area contributed by atoms with Crippen LogP contribution in [0.5, 0.6) is 0 Å². The standard InChI is InChI=1S/C16H18ClN5S/c1-2-15-19-16(23-20-15)22-7-3-6-21(8-9-22)14-10-13(17)5-4-12(14)11-18/h4-5,10H,2-3,6-9H2,1H3. The summed E-state index contributed by atoms with van der Waals surface area (Å²) < 4.78 is 4.37. The minimum atomic E-state index is 0.664. The van der Waals surface area contributed by atoms with Gasteiger partial charge in [0.05, 0.1) is 11.3 Å². The Morgan fingerprint density at radius 3 is 2.78 bits per heavy atom. The van der Waals surface area contributed by atoms with Crippen LogP contribution in [0, 0.1) is 11.3 Å². The quantitative estimate of drug-likeness (QED) is 0.852. The van der Waals surface area contributed by atoms with Gasteiger partial charge >= 0.3 is 0 Å². The zero-order valence-corrected chi connectivity index (χ0v) is 14.6. The Morgan fingerprint density at radius 1 is 1.26 bits per heavy atom. The zero-order valence-electron chi connectivity index (χ0n) is 13.0. The minimum Gasteiger partial charge on any atom is -0.369 e. The Kier molecular flexibility index (Phi) is 4.99. The fourth-order valence-electron chi connectivity index (χ4n) is 2.73. The first-order valence-electron chi connectivity index (χ1n) is 7.73. The number of hydrogen-bond acceptors (Lipinski definition) is 6. The second kappa shape index (κ2) is 7.16. The summed E-state index contributed by atoms with van der Waals surface area (Å²) in [4.78, 5) is 9.11. The molecule has 2 heterocycles. The maximum atomic E-state index is 9.32. The molecule has 0 saturated carbocycles. The van der Waals surface area contributed by atoms with Gasteiger partial charge in [0.15, 0.2) is 0 Å². The Hall–Kier alpha value is -1.84. The molecule has 1 fully saturated rings. The van der Waals surface area contributed by atoms with Gasteiger partial charge in [0, 0.05) is 49.2 Å². The molecule has 23 heavy (non-hydrogen) atoms. The summed E-state index contributed by atoms with van der Waals surface area (Å²) in [6.07, 6.45) is 1.88. The van der Waals surface area contributed by atoms with E-state index in [2.05, 4.69) is 32.2 Å². The molecule has 1 aromatic carbocycles. The molecule has 7 heteroatoms. The molecule has 1 saturated heterocycles. The second-order valence-electron chi connectivity index (χ2n) is 5.45. The van der Waals surface area contributed by atoms with Crippen molar-refractivity contribution >= 4 is 34.0 Å². The summed E-state index contributed by atoms with van der Waals surface area (Å²) in [5.41, 5.74) is 1.60. The molecule has 1 aliphatic heterocycles. The molecule has 2 aromatic rings. The van der Waals surface area contributed by atoms with Gasteiger partial charge in [0.25, 0.3) is 0 Å². The van der Waals surface area contributed by atoms with E-state index in [1.807, 2.05) is 6.07 Å². The lowest BCUT2D eigenvalue weighted by molar-refractivity contribution is 0.801. The normalized spacial score (nSPS) is 15.3. The third kappa shape index (κ3) is 3.57. The van der Waals surface area contributed by atoms with Crippen molar-refractivity contribution in [1.82, 2.24) is 9.36 Å². The maximum absolute atomic E-state index is 9.32.